The minimum absolute atomic E-state index is 0.344. The van der Waals surface area contributed by atoms with Crippen LogP contribution >= 0.6 is 0 Å². The van der Waals surface area contributed by atoms with Crippen LogP contribution in [0.3, 0.4) is 0 Å². The van der Waals surface area contributed by atoms with Gasteiger partial charge in [0.05, 0.1) is 22.5 Å². The van der Waals surface area contributed by atoms with E-state index in [1.807, 2.05) is 51.1 Å². The Labute approximate surface area is 216 Å². The molecule has 1 atom stereocenters. The third-order valence-corrected chi connectivity index (χ3v) is 6.69. The number of hydrogen-bond donors (Lipinski definition) is 2. The molecule has 1 aromatic carbocycles. The van der Waals surface area contributed by atoms with E-state index in [1.165, 1.54) is 23.8 Å². The van der Waals surface area contributed by atoms with Crippen LogP contribution in [0.4, 0.5) is 4.79 Å². The van der Waals surface area contributed by atoms with Crippen LogP contribution in [0, 0.1) is 0 Å². The van der Waals surface area contributed by atoms with Crippen molar-refractivity contribution in [2.24, 2.45) is 0 Å². The molecule has 1 fully saturated rings. The van der Waals surface area contributed by atoms with Crippen molar-refractivity contribution in [3.63, 3.8) is 0 Å². The second kappa shape index (κ2) is 10.3. The number of hydrogen-bond acceptors (Lipinski definition) is 6. The number of aryl methyl sites for hydroxylation is 1. The van der Waals surface area contributed by atoms with Crippen molar-refractivity contribution < 1.29 is 9.53 Å². The summed E-state index contributed by atoms with van der Waals surface area (Å²) in [6.45, 7) is 6.58. The van der Waals surface area contributed by atoms with Gasteiger partial charge in [-0.3, -0.25) is 9.78 Å². The summed E-state index contributed by atoms with van der Waals surface area (Å²) < 4.78 is 7.30. The molecule has 37 heavy (non-hydrogen) atoms. The lowest BCUT2D eigenvalue weighted by Crippen LogP contribution is -2.34. The first kappa shape index (κ1) is 24.9. The number of carbonyl (C=O) groups excluding carboxylic acids is 1. The van der Waals surface area contributed by atoms with Crippen LogP contribution in [0.5, 0.6) is 0 Å². The fourth-order valence-corrected chi connectivity index (χ4v) is 4.88. The minimum atomic E-state index is -0.692. The molecule has 0 spiro atoms. The molecule has 0 amide bonds. The summed E-state index contributed by atoms with van der Waals surface area (Å²) in [4.78, 5) is 30.5. The SMILES string of the molecule is CC(C)(C)OC(=O)n1c(-c2cc(-c3ccncc3)n[nH]c2=O)cc2ccc(CCC3CCCCN3)cc21. The summed E-state index contributed by atoms with van der Waals surface area (Å²) >= 11 is 0. The van der Waals surface area contributed by atoms with Crippen LogP contribution < -0.4 is 10.9 Å². The van der Waals surface area contributed by atoms with Gasteiger partial charge in [0.15, 0.2) is 0 Å². The zero-order valence-electron chi connectivity index (χ0n) is 21.6. The molecule has 8 heteroatoms. The predicted molar refractivity (Wildman–Crippen MR) is 145 cm³/mol. The molecule has 0 radical (unpaired) electrons. The minimum Gasteiger partial charge on any atom is -0.443 e. The molecular weight excluding hydrogens is 466 g/mol. The molecule has 2 N–H and O–H groups in total. The topological polar surface area (TPSA) is 102 Å². The van der Waals surface area contributed by atoms with Gasteiger partial charge in [0, 0.05) is 29.4 Å². The maximum Gasteiger partial charge on any atom is 0.419 e. The molecule has 1 unspecified atom stereocenters. The molecule has 4 heterocycles. The van der Waals surface area contributed by atoms with Gasteiger partial charge in [0.1, 0.15) is 5.60 Å². The average Bonchev–Trinajstić information content (AvgIpc) is 3.26. The molecular formula is C29H33N5O3. The first-order valence-electron chi connectivity index (χ1n) is 12.9. The van der Waals surface area contributed by atoms with Crippen LogP contribution in [-0.2, 0) is 11.2 Å². The zero-order valence-corrected chi connectivity index (χ0v) is 21.6. The Balaban J connectivity index is 1.59. The average molecular weight is 500 g/mol. The lowest BCUT2D eigenvalue weighted by molar-refractivity contribution is 0.0547. The smallest absolute Gasteiger partial charge is 0.419 e. The first-order valence-corrected chi connectivity index (χ1v) is 12.9. The van der Waals surface area contributed by atoms with E-state index in [4.69, 9.17) is 4.74 Å². The number of H-pyrrole nitrogens is 1. The lowest BCUT2D eigenvalue weighted by atomic mass is 9.97. The normalized spacial score (nSPS) is 16.1. The van der Waals surface area contributed by atoms with E-state index in [0.29, 0.717) is 23.0 Å². The van der Waals surface area contributed by atoms with Gasteiger partial charge in [0.2, 0.25) is 0 Å². The van der Waals surface area contributed by atoms with E-state index in [2.05, 4.69) is 26.6 Å². The van der Waals surface area contributed by atoms with E-state index in [-0.39, 0.29) is 5.56 Å². The summed E-state index contributed by atoms with van der Waals surface area (Å²) in [5.74, 6) is 0. The lowest BCUT2D eigenvalue weighted by Gasteiger charge is -2.23. The number of aromatic nitrogens is 4. The van der Waals surface area contributed by atoms with Crippen molar-refractivity contribution in [3.05, 3.63) is 70.8 Å². The highest BCUT2D eigenvalue weighted by Gasteiger charge is 2.25. The van der Waals surface area contributed by atoms with Crippen LogP contribution in [0.2, 0.25) is 0 Å². The summed E-state index contributed by atoms with van der Waals surface area (Å²) in [6.07, 6.45) is 8.48. The molecule has 5 rings (SSSR count). The zero-order chi connectivity index (χ0) is 26.0. The van der Waals surface area contributed by atoms with Gasteiger partial charge >= 0.3 is 6.09 Å². The molecule has 0 saturated carbocycles. The quantitative estimate of drug-likeness (QED) is 0.386. The predicted octanol–water partition coefficient (Wildman–Crippen LogP) is 5.31. The molecule has 0 aliphatic carbocycles. The Bertz CT molecular complexity index is 1460. The number of benzene rings is 1. The van der Waals surface area contributed by atoms with E-state index in [1.54, 1.807) is 18.5 Å². The van der Waals surface area contributed by atoms with Crippen LogP contribution in [0.25, 0.3) is 33.4 Å². The van der Waals surface area contributed by atoms with Crippen molar-refractivity contribution in [2.45, 2.75) is 64.5 Å². The molecule has 4 aromatic rings. The number of nitrogens with one attached hydrogen (secondary N) is 2. The monoisotopic (exact) mass is 499 g/mol. The second-order valence-electron chi connectivity index (χ2n) is 10.7. The van der Waals surface area contributed by atoms with E-state index >= 15 is 0 Å². The second-order valence-corrected chi connectivity index (χ2v) is 10.7. The number of rotatable bonds is 5. The summed E-state index contributed by atoms with van der Waals surface area (Å²) in [5.41, 5.74) is 3.00. The van der Waals surface area contributed by atoms with Crippen LogP contribution in [0.15, 0.2) is 59.7 Å². The number of aromatic amines is 1. The summed E-state index contributed by atoms with van der Waals surface area (Å²) in [5, 5.41) is 11.3. The maximum atomic E-state index is 13.5. The van der Waals surface area contributed by atoms with Gasteiger partial charge in [-0.2, -0.15) is 5.10 Å². The van der Waals surface area contributed by atoms with Crippen LogP contribution in [0.1, 0.15) is 52.0 Å². The van der Waals surface area contributed by atoms with Gasteiger partial charge in [-0.15, -0.1) is 0 Å². The molecule has 3 aromatic heterocycles. The first-order chi connectivity index (χ1) is 17.8. The van der Waals surface area contributed by atoms with Gasteiger partial charge in [0.25, 0.3) is 5.56 Å². The third kappa shape index (κ3) is 5.64. The van der Waals surface area contributed by atoms with Crippen molar-refractivity contribution in [1.29, 1.82) is 0 Å². The van der Waals surface area contributed by atoms with Crippen molar-refractivity contribution in [3.8, 4) is 22.5 Å². The standard InChI is InChI=1S/C29H33N5O3/c1-29(2,3)37-28(36)34-25-16-19(8-10-22-6-4-5-13-31-22)7-9-21(25)17-26(34)23-18-24(32-33-27(23)35)20-11-14-30-15-12-20/h7,9,11-12,14-18,22,31H,4-6,8,10,13H2,1-3H3,(H,33,35). The number of ether oxygens (including phenoxy) is 1. The van der Waals surface area contributed by atoms with Gasteiger partial charge in [-0.1, -0.05) is 18.6 Å². The Morgan fingerprint density at radius 2 is 1.92 bits per heavy atom. The molecule has 192 valence electrons. The Hall–Kier alpha value is -3.78. The third-order valence-electron chi connectivity index (χ3n) is 6.69. The van der Waals surface area contributed by atoms with Gasteiger partial charge < -0.3 is 10.1 Å². The van der Waals surface area contributed by atoms with Gasteiger partial charge in [-0.25, -0.2) is 14.5 Å². The number of nitrogens with zero attached hydrogens (tertiary/aromatic N) is 3. The van der Waals surface area contributed by atoms with Crippen molar-refractivity contribution in [1.82, 2.24) is 25.1 Å². The number of fused-ring (bicyclic) bond motifs is 1. The summed E-state index contributed by atoms with van der Waals surface area (Å²) in [6, 6.07) is 13.9. The molecule has 1 aliphatic heterocycles. The fraction of sp³-hybridized carbons (Fsp3) is 0.379. The Kier molecular flexibility index (Phi) is 6.93. The van der Waals surface area contributed by atoms with Crippen LogP contribution in [-0.4, -0.2) is 44.0 Å². The number of piperidine rings is 1. The van der Waals surface area contributed by atoms with E-state index in [0.717, 1.165) is 41.4 Å². The highest BCUT2D eigenvalue weighted by Crippen LogP contribution is 2.30. The van der Waals surface area contributed by atoms with E-state index < -0.39 is 11.7 Å². The maximum absolute atomic E-state index is 13.5. The highest BCUT2D eigenvalue weighted by atomic mass is 16.6. The Morgan fingerprint density at radius 1 is 1.11 bits per heavy atom. The number of carbonyl (C=O) groups is 1. The fourth-order valence-electron chi connectivity index (χ4n) is 4.88. The largest absolute Gasteiger partial charge is 0.443 e. The Morgan fingerprint density at radius 3 is 2.65 bits per heavy atom. The molecule has 0 bridgehead atoms. The molecule has 1 saturated heterocycles. The van der Waals surface area contributed by atoms with Gasteiger partial charge in [-0.05, 0) is 88.9 Å². The van der Waals surface area contributed by atoms with Crippen molar-refractivity contribution in [2.75, 3.05) is 6.54 Å². The number of pyridine rings is 1. The van der Waals surface area contributed by atoms with E-state index in [9.17, 15) is 9.59 Å². The van der Waals surface area contributed by atoms with Crippen molar-refractivity contribution >= 4 is 17.0 Å². The molecule has 8 nitrogen and oxygen atoms in total. The highest BCUT2D eigenvalue weighted by molar-refractivity contribution is 5.96. The summed E-state index contributed by atoms with van der Waals surface area (Å²) in [7, 11) is 0. The molecule has 1 aliphatic rings.